The van der Waals surface area contributed by atoms with Crippen LogP contribution < -0.4 is 0 Å². The van der Waals surface area contributed by atoms with Gasteiger partial charge in [0.05, 0.1) is 6.42 Å². The molecule has 4 heteroatoms. The summed E-state index contributed by atoms with van der Waals surface area (Å²) in [6, 6.07) is 11.1. The van der Waals surface area contributed by atoms with Crippen molar-refractivity contribution in [1.82, 2.24) is 9.80 Å². The lowest BCUT2D eigenvalue weighted by Crippen LogP contribution is -2.45. The van der Waals surface area contributed by atoms with Crippen molar-refractivity contribution in [3.05, 3.63) is 35.9 Å². The lowest BCUT2D eigenvalue weighted by Gasteiger charge is -2.38. The Morgan fingerprint density at radius 2 is 1.95 bits per heavy atom. The number of nitrogens with zero attached hydrogens (tertiary/aromatic N) is 2. The molecule has 1 heterocycles. The first-order valence-corrected chi connectivity index (χ1v) is 7.91. The Morgan fingerprint density at radius 3 is 2.52 bits per heavy atom. The third-order valence-corrected chi connectivity index (χ3v) is 4.34. The average Bonchev–Trinajstić information content (AvgIpc) is 2.50. The first-order chi connectivity index (χ1) is 10.2. The number of likely N-dealkylation sites (tertiary alicyclic amines) is 1. The predicted octanol–water partition coefficient (Wildman–Crippen LogP) is 2.45. The minimum Gasteiger partial charge on any atom is -0.481 e. The van der Waals surface area contributed by atoms with Crippen LogP contribution in [0.25, 0.3) is 0 Å². The Hall–Kier alpha value is -1.39. The fourth-order valence-corrected chi connectivity index (χ4v) is 3.12. The van der Waals surface area contributed by atoms with Crippen LogP contribution in [0.4, 0.5) is 0 Å². The number of carbonyl (C=O) groups is 1. The number of carboxylic acids is 1. The minimum atomic E-state index is -0.699. The zero-order valence-corrected chi connectivity index (χ0v) is 12.9. The van der Waals surface area contributed by atoms with Gasteiger partial charge in [-0.3, -0.25) is 14.6 Å². The fourth-order valence-electron chi connectivity index (χ4n) is 3.12. The molecule has 1 aromatic carbocycles. The standard InChI is InChI=1S/C17H26N2O2/c1-2-19(13-10-17(20)21)16-8-11-18(12-9-16)14-15-6-4-3-5-7-15/h3-7,16H,2,8-14H2,1H3,(H,20,21). The van der Waals surface area contributed by atoms with Gasteiger partial charge in [0.15, 0.2) is 0 Å². The van der Waals surface area contributed by atoms with Crippen molar-refractivity contribution in [3.8, 4) is 0 Å². The highest BCUT2D eigenvalue weighted by atomic mass is 16.4. The van der Waals surface area contributed by atoms with E-state index in [-0.39, 0.29) is 6.42 Å². The number of benzene rings is 1. The molecule has 0 unspecified atom stereocenters. The molecule has 1 aliphatic heterocycles. The number of rotatable bonds is 7. The van der Waals surface area contributed by atoms with E-state index in [1.54, 1.807) is 0 Å². The van der Waals surface area contributed by atoms with Gasteiger partial charge >= 0.3 is 5.97 Å². The second-order valence-corrected chi connectivity index (χ2v) is 5.77. The van der Waals surface area contributed by atoms with Crippen LogP contribution in [-0.4, -0.2) is 53.1 Å². The highest BCUT2D eigenvalue weighted by molar-refractivity contribution is 5.66. The van der Waals surface area contributed by atoms with E-state index in [0.29, 0.717) is 12.6 Å². The van der Waals surface area contributed by atoms with Crippen molar-refractivity contribution in [2.75, 3.05) is 26.2 Å². The van der Waals surface area contributed by atoms with E-state index in [1.165, 1.54) is 5.56 Å². The van der Waals surface area contributed by atoms with Crippen LogP contribution in [0.15, 0.2) is 30.3 Å². The Morgan fingerprint density at radius 1 is 1.29 bits per heavy atom. The second-order valence-electron chi connectivity index (χ2n) is 5.77. The number of aliphatic carboxylic acids is 1. The van der Waals surface area contributed by atoms with E-state index < -0.39 is 5.97 Å². The summed E-state index contributed by atoms with van der Waals surface area (Å²) in [5, 5.41) is 8.83. The topological polar surface area (TPSA) is 43.8 Å². The predicted molar refractivity (Wildman–Crippen MR) is 84.2 cm³/mol. The van der Waals surface area contributed by atoms with E-state index in [4.69, 9.17) is 5.11 Å². The van der Waals surface area contributed by atoms with Gasteiger partial charge in [-0.05, 0) is 38.0 Å². The zero-order valence-electron chi connectivity index (χ0n) is 12.9. The summed E-state index contributed by atoms with van der Waals surface area (Å²) in [7, 11) is 0. The number of carboxylic acid groups (broad SMARTS) is 1. The third-order valence-electron chi connectivity index (χ3n) is 4.34. The van der Waals surface area contributed by atoms with Gasteiger partial charge < -0.3 is 5.11 Å². The van der Waals surface area contributed by atoms with Gasteiger partial charge in [-0.2, -0.15) is 0 Å². The number of hydrogen-bond donors (Lipinski definition) is 1. The first-order valence-electron chi connectivity index (χ1n) is 7.91. The highest BCUT2D eigenvalue weighted by Gasteiger charge is 2.23. The van der Waals surface area contributed by atoms with E-state index in [2.05, 4.69) is 47.1 Å². The maximum absolute atomic E-state index is 10.7. The lowest BCUT2D eigenvalue weighted by molar-refractivity contribution is -0.137. The molecule has 0 atom stereocenters. The average molecular weight is 290 g/mol. The summed E-state index contributed by atoms with van der Waals surface area (Å²) in [4.78, 5) is 15.5. The molecule has 2 rings (SSSR count). The van der Waals surface area contributed by atoms with Crippen LogP contribution in [0, 0.1) is 0 Å². The Labute approximate surface area is 127 Å². The lowest BCUT2D eigenvalue weighted by atomic mass is 10.0. The van der Waals surface area contributed by atoms with Gasteiger partial charge in [0.25, 0.3) is 0 Å². The van der Waals surface area contributed by atoms with Crippen LogP contribution in [0.5, 0.6) is 0 Å². The van der Waals surface area contributed by atoms with Crippen molar-refractivity contribution in [1.29, 1.82) is 0 Å². The van der Waals surface area contributed by atoms with E-state index in [1.807, 2.05) is 0 Å². The van der Waals surface area contributed by atoms with Gasteiger partial charge in [0.2, 0.25) is 0 Å². The monoisotopic (exact) mass is 290 g/mol. The molecular formula is C17H26N2O2. The Balaban J connectivity index is 1.77. The Kier molecular flexibility index (Phi) is 6.21. The van der Waals surface area contributed by atoms with Crippen LogP contribution in [0.3, 0.4) is 0 Å². The molecule has 0 aliphatic carbocycles. The molecule has 21 heavy (non-hydrogen) atoms. The quantitative estimate of drug-likeness (QED) is 0.838. The third kappa shape index (κ3) is 5.14. The first kappa shape index (κ1) is 16.0. The molecule has 116 valence electrons. The largest absolute Gasteiger partial charge is 0.481 e. The van der Waals surface area contributed by atoms with Gasteiger partial charge in [-0.25, -0.2) is 0 Å². The van der Waals surface area contributed by atoms with E-state index in [0.717, 1.165) is 39.0 Å². The molecule has 1 aromatic rings. The van der Waals surface area contributed by atoms with E-state index >= 15 is 0 Å². The maximum Gasteiger partial charge on any atom is 0.304 e. The van der Waals surface area contributed by atoms with Gasteiger partial charge in [-0.15, -0.1) is 0 Å². The summed E-state index contributed by atoms with van der Waals surface area (Å²) in [5.74, 6) is -0.699. The van der Waals surface area contributed by atoms with Crippen molar-refractivity contribution < 1.29 is 9.90 Å². The summed E-state index contributed by atoms with van der Waals surface area (Å²) in [5.41, 5.74) is 1.37. The molecule has 0 saturated carbocycles. The van der Waals surface area contributed by atoms with Crippen molar-refractivity contribution in [2.24, 2.45) is 0 Å². The van der Waals surface area contributed by atoms with Gasteiger partial charge in [0, 0.05) is 19.1 Å². The molecule has 1 saturated heterocycles. The molecule has 1 fully saturated rings. The van der Waals surface area contributed by atoms with Gasteiger partial charge in [-0.1, -0.05) is 37.3 Å². The van der Waals surface area contributed by atoms with Crippen LogP contribution in [-0.2, 0) is 11.3 Å². The van der Waals surface area contributed by atoms with Crippen molar-refractivity contribution >= 4 is 5.97 Å². The molecule has 1 aliphatic rings. The summed E-state index contributed by atoms with van der Waals surface area (Å²) < 4.78 is 0. The molecule has 4 nitrogen and oxygen atoms in total. The van der Waals surface area contributed by atoms with Crippen LogP contribution in [0.2, 0.25) is 0 Å². The Bertz CT molecular complexity index is 428. The summed E-state index contributed by atoms with van der Waals surface area (Å²) in [6.45, 7) is 6.96. The zero-order chi connectivity index (χ0) is 15.1. The van der Waals surface area contributed by atoms with Gasteiger partial charge in [0.1, 0.15) is 0 Å². The van der Waals surface area contributed by atoms with E-state index in [9.17, 15) is 4.79 Å². The molecular weight excluding hydrogens is 264 g/mol. The maximum atomic E-state index is 10.7. The molecule has 0 radical (unpaired) electrons. The minimum absolute atomic E-state index is 0.248. The number of piperidine rings is 1. The second kappa shape index (κ2) is 8.15. The smallest absolute Gasteiger partial charge is 0.304 e. The SMILES string of the molecule is CCN(CCC(=O)O)C1CCN(Cc2ccccc2)CC1. The summed E-state index contributed by atoms with van der Waals surface area (Å²) >= 11 is 0. The molecule has 0 aromatic heterocycles. The summed E-state index contributed by atoms with van der Waals surface area (Å²) in [6.07, 6.45) is 2.53. The number of hydrogen-bond acceptors (Lipinski definition) is 3. The molecule has 0 spiro atoms. The van der Waals surface area contributed by atoms with Crippen molar-refractivity contribution in [3.63, 3.8) is 0 Å². The normalized spacial score (nSPS) is 17.2. The van der Waals surface area contributed by atoms with Crippen LogP contribution in [0.1, 0.15) is 31.7 Å². The van der Waals surface area contributed by atoms with Crippen molar-refractivity contribution in [2.45, 2.75) is 38.8 Å². The highest BCUT2D eigenvalue weighted by Crippen LogP contribution is 2.18. The fraction of sp³-hybridized carbons (Fsp3) is 0.588. The molecule has 1 N–H and O–H groups in total. The molecule has 0 bridgehead atoms. The molecule has 0 amide bonds. The van der Waals surface area contributed by atoms with Crippen LogP contribution >= 0.6 is 0 Å².